The molecular weight excluding hydrogens is 268 g/mol. The lowest BCUT2D eigenvalue weighted by molar-refractivity contribution is 0.0697. The molecule has 0 saturated heterocycles. The number of fused-ring (bicyclic) bond motifs is 2. The van der Waals surface area contributed by atoms with E-state index in [1.54, 1.807) is 6.07 Å². The molecule has 2 heterocycles. The van der Waals surface area contributed by atoms with Crippen LogP contribution in [0.2, 0.25) is 0 Å². The summed E-state index contributed by atoms with van der Waals surface area (Å²) < 4.78 is 5.75. The maximum Gasteiger partial charge on any atom is 0.335 e. The van der Waals surface area contributed by atoms with Gasteiger partial charge in [-0.25, -0.2) is 4.79 Å². The number of aromatic nitrogens is 1. The second-order valence-electron chi connectivity index (χ2n) is 5.01. The zero-order valence-electron chi connectivity index (χ0n) is 11.1. The van der Waals surface area contributed by atoms with Crippen LogP contribution in [0.25, 0.3) is 11.1 Å². The number of rotatable bonds is 2. The third kappa shape index (κ3) is 1.86. The van der Waals surface area contributed by atoms with Crippen LogP contribution in [0.5, 0.6) is 0 Å². The molecular formula is C16H12N2O3. The molecule has 1 aliphatic heterocycles. The molecule has 1 aliphatic rings. The highest BCUT2D eigenvalue weighted by molar-refractivity contribution is 5.92. The fourth-order valence-corrected chi connectivity index (χ4v) is 2.70. The first-order valence-corrected chi connectivity index (χ1v) is 6.72. The minimum atomic E-state index is -0.971. The Hall–Kier alpha value is -2.82. The van der Waals surface area contributed by atoms with Gasteiger partial charge in [-0.1, -0.05) is 18.2 Å². The number of oxazole rings is 1. The molecule has 3 aromatic rings. The predicted octanol–water partition coefficient (Wildman–Crippen LogP) is 3.22. The largest absolute Gasteiger partial charge is 0.478 e. The van der Waals surface area contributed by atoms with Crippen molar-refractivity contribution in [3.63, 3.8) is 0 Å². The molecule has 0 bridgehead atoms. The molecule has 2 aromatic carbocycles. The van der Waals surface area contributed by atoms with E-state index >= 15 is 0 Å². The van der Waals surface area contributed by atoms with Gasteiger partial charge in [-0.3, -0.25) is 4.90 Å². The second kappa shape index (κ2) is 4.34. The molecule has 4 rings (SSSR count). The molecule has 1 aromatic heterocycles. The van der Waals surface area contributed by atoms with Crippen LogP contribution in [0, 0.1) is 0 Å². The molecule has 0 amide bonds. The minimum Gasteiger partial charge on any atom is -0.478 e. The van der Waals surface area contributed by atoms with Gasteiger partial charge in [0.25, 0.3) is 0 Å². The highest BCUT2D eigenvalue weighted by Gasteiger charge is 2.24. The fourth-order valence-electron chi connectivity index (χ4n) is 2.70. The van der Waals surface area contributed by atoms with Crippen molar-refractivity contribution in [2.75, 3.05) is 11.4 Å². The number of carboxylic acid groups (broad SMARTS) is 1. The topological polar surface area (TPSA) is 66.6 Å². The Morgan fingerprint density at radius 1 is 1.24 bits per heavy atom. The van der Waals surface area contributed by atoms with Gasteiger partial charge in [-0.05, 0) is 36.2 Å². The molecule has 5 heteroatoms. The Morgan fingerprint density at radius 2 is 2.10 bits per heavy atom. The zero-order valence-corrected chi connectivity index (χ0v) is 11.1. The molecule has 0 aliphatic carbocycles. The van der Waals surface area contributed by atoms with Crippen LogP contribution in [-0.4, -0.2) is 22.6 Å². The van der Waals surface area contributed by atoms with E-state index < -0.39 is 5.97 Å². The van der Waals surface area contributed by atoms with Crippen LogP contribution in [0.4, 0.5) is 11.7 Å². The Labute approximate surface area is 120 Å². The molecule has 0 spiro atoms. The standard InChI is InChI=1S/C16H12N2O3/c19-15(20)11-5-6-12-14(9-11)21-16(17-12)18-8-7-10-3-1-2-4-13(10)18/h1-6,9H,7-8H2,(H,19,20). The number of carbonyl (C=O) groups is 1. The Morgan fingerprint density at radius 3 is 2.95 bits per heavy atom. The SMILES string of the molecule is O=C(O)c1ccc2nc(N3CCc4ccccc43)oc2c1. The van der Waals surface area contributed by atoms with E-state index in [4.69, 9.17) is 9.52 Å². The summed E-state index contributed by atoms with van der Waals surface area (Å²) in [7, 11) is 0. The average Bonchev–Trinajstić information content (AvgIpc) is 3.09. The molecule has 0 saturated carbocycles. The number of hydrogen-bond donors (Lipinski definition) is 1. The van der Waals surface area contributed by atoms with Gasteiger partial charge < -0.3 is 9.52 Å². The molecule has 1 N–H and O–H groups in total. The van der Waals surface area contributed by atoms with Crippen LogP contribution in [0.1, 0.15) is 15.9 Å². The highest BCUT2D eigenvalue weighted by atomic mass is 16.4. The third-order valence-electron chi connectivity index (χ3n) is 3.74. The van der Waals surface area contributed by atoms with E-state index in [1.807, 2.05) is 23.1 Å². The van der Waals surface area contributed by atoms with Crippen molar-refractivity contribution in [1.82, 2.24) is 4.98 Å². The molecule has 21 heavy (non-hydrogen) atoms. The first-order valence-electron chi connectivity index (χ1n) is 6.72. The normalized spacial score (nSPS) is 13.6. The number of hydrogen-bond acceptors (Lipinski definition) is 4. The number of para-hydroxylation sites is 1. The van der Waals surface area contributed by atoms with E-state index in [1.165, 1.54) is 17.7 Å². The van der Waals surface area contributed by atoms with Crippen LogP contribution in [-0.2, 0) is 6.42 Å². The first kappa shape index (κ1) is 12.0. The van der Waals surface area contributed by atoms with Gasteiger partial charge in [0, 0.05) is 12.2 Å². The quantitative estimate of drug-likeness (QED) is 0.780. The predicted molar refractivity (Wildman–Crippen MR) is 78.1 cm³/mol. The smallest absolute Gasteiger partial charge is 0.335 e. The maximum absolute atomic E-state index is 11.0. The molecule has 5 nitrogen and oxygen atoms in total. The van der Waals surface area contributed by atoms with Crippen LogP contribution >= 0.6 is 0 Å². The lowest BCUT2D eigenvalue weighted by atomic mass is 10.2. The highest BCUT2D eigenvalue weighted by Crippen LogP contribution is 2.35. The number of anilines is 2. The van der Waals surface area contributed by atoms with Crippen molar-refractivity contribution >= 4 is 28.8 Å². The van der Waals surface area contributed by atoms with Crippen molar-refractivity contribution in [1.29, 1.82) is 0 Å². The summed E-state index contributed by atoms with van der Waals surface area (Å²) in [4.78, 5) is 17.5. The fraction of sp³-hybridized carbons (Fsp3) is 0.125. The number of nitrogens with zero attached hydrogens (tertiary/aromatic N) is 2. The number of aromatic carboxylic acids is 1. The third-order valence-corrected chi connectivity index (χ3v) is 3.74. The summed E-state index contributed by atoms with van der Waals surface area (Å²) in [6.07, 6.45) is 0.954. The Bertz CT molecular complexity index is 854. The van der Waals surface area contributed by atoms with E-state index in [9.17, 15) is 4.79 Å². The van der Waals surface area contributed by atoms with Crippen LogP contribution < -0.4 is 4.90 Å². The molecule has 0 atom stereocenters. The molecule has 104 valence electrons. The summed E-state index contributed by atoms with van der Waals surface area (Å²) in [5.41, 5.74) is 3.73. The van der Waals surface area contributed by atoms with Crippen molar-refractivity contribution in [3.05, 3.63) is 53.6 Å². The van der Waals surface area contributed by atoms with E-state index in [2.05, 4.69) is 11.1 Å². The van der Waals surface area contributed by atoms with Crippen molar-refractivity contribution in [2.45, 2.75) is 6.42 Å². The summed E-state index contributed by atoms with van der Waals surface area (Å²) in [6.45, 7) is 0.817. The summed E-state index contributed by atoms with van der Waals surface area (Å²) in [5, 5.41) is 9.02. The van der Waals surface area contributed by atoms with Crippen LogP contribution in [0.15, 0.2) is 46.9 Å². The van der Waals surface area contributed by atoms with Crippen LogP contribution in [0.3, 0.4) is 0 Å². The number of benzene rings is 2. The van der Waals surface area contributed by atoms with Crippen molar-refractivity contribution in [2.24, 2.45) is 0 Å². The zero-order chi connectivity index (χ0) is 14.4. The average molecular weight is 280 g/mol. The minimum absolute atomic E-state index is 0.201. The van der Waals surface area contributed by atoms with Gasteiger partial charge in [0.05, 0.1) is 5.56 Å². The monoisotopic (exact) mass is 280 g/mol. The van der Waals surface area contributed by atoms with Gasteiger partial charge in [0.15, 0.2) is 5.58 Å². The Kier molecular flexibility index (Phi) is 2.47. The molecule has 0 fully saturated rings. The molecule has 0 radical (unpaired) electrons. The summed E-state index contributed by atoms with van der Waals surface area (Å²) in [6, 6.07) is 13.4. The summed E-state index contributed by atoms with van der Waals surface area (Å²) in [5.74, 6) is -0.971. The van der Waals surface area contributed by atoms with Gasteiger partial charge in [-0.2, -0.15) is 4.98 Å². The van der Waals surface area contributed by atoms with Gasteiger partial charge in [-0.15, -0.1) is 0 Å². The van der Waals surface area contributed by atoms with Gasteiger partial charge in [0.2, 0.25) is 0 Å². The first-order chi connectivity index (χ1) is 10.2. The van der Waals surface area contributed by atoms with E-state index in [-0.39, 0.29) is 5.56 Å². The van der Waals surface area contributed by atoms with E-state index in [0.29, 0.717) is 17.1 Å². The Balaban J connectivity index is 1.80. The maximum atomic E-state index is 11.0. The van der Waals surface area contributed by atoms with Gasteiger partial charge in [0.1, 0.15) is 5.52 Å². The second-order valence-corrected chi connectivity index (χ2v) is 5.01. The van der Waals surface area contributed by atoms with E-state index in [0.717, 1.165) is 18.7 Å². The van der Waals surface area contributed by atoms with Gasteiger partial charge >= 0.3 is 12.0 Å². The molecule has 0 unspecified atom stereocenters. The number of carboxylic acids is 1. The van der Waals surface area contributed by atoms with Crippen molar-refractivity contribution < 1.29 is 14.3 Å². The lowest BCUT2D eigenvalue weighted by Crippen LogP contribution is -2.13. The lowest BCUT2D eigenvalue weighted by Gasteiger charge is -2.13. The summed E-state index contributed by atoms with van der Waals surface area (Å²) >= 11 is 0. The van der Waals surface area contributed by atoms with Crippen molar-refractivity contribution in [3.8, 4) is 0 Å².